The summed E-state index contributed by atoms with van der Waals surface area (Å²) in [5.74, 6) is 1.34. The topological polar surface area (TPSA) is 72.3 Å². The Balaban J connectivity index is 1.39. The monoisotopic (exact) mass is 447 g/mol. The summed E-state index contributed by atoms with van der Waals surface area (Å²) in [4.78, 5) is 14.7. The zero-order chi connectivity index (χ0) is 21.6. The Bertz CT molecular complexity index is 879. The van der Waals surface area contributed by atoms with Gasteiger partial charge in [-0.25, -0.2) is 4.39 Å². The largest absolute Gasteiger partial charge is 0.376 e. The Morgan fingerprint density at radius 2 is 2.06 bits per heavy atom. The molecule has 1 aromatic heterocycles. The Morgan fingerprint density at radius 3 is 2.81 bits per heavy atom. The third kappa shape index (κ3) is 5.77. The molecule has 0 radical (unpaired) electrons. The third-order valence-corrected chi connectivity index (χ3v) is 6.91. The highest BCUT2D eigenvalue weighted by Crippen LogP contribution is 2.28. The van der Waals surface area contributed by atoms with Crippen LogP contribution in [0.2, 0.25) is 0 Å². The van der Waals surface area contributed by atoms with E-state index >= 15 is 0 Å². The van der Waals surface area contributed by atoms with Gasteiger partial charge >= 0.3 is 0 Å². The Labute approximate surface area is 186 Å². The summed E-state index contributed by atoms with van der Waals surface area (Å²) in [6.45, 7) is 5.90. The summed E-state index contributed by atoms with van der Waals surface area (Å²) in [7, 11) is 0. The molecule has 0 bridgehead atoms. The maximum Gasteiger partial charge on any atom is 0.230 e. The van der Waals surface area contributed by atoms with Gasteiger partial charge in [-0.2, -0.15) is 0 Å². The van der Waals surface area contributed by atoms with Crippen molar-refractivity contribution in [2.45, 2.75) is 57.0 Å². The first-order chi connectivity index (χ1) is 15.1. The number of halogens is 1. The molecule has 1 N–H and O–H groups in total. The summed E-state index contributed by atoms with van der Waals surface area (Å²) in [6, 6.07) is 6.47. The second-order valence-electron chi connectivity index (χ2n) is 8.35. The molecule has 2 aliphatic heterocycles. The average Bonchev–Trinajstić information content (AvgIpc) is 3.43. The van der Waals surface area contributed by atoms with Crippen LogP contribution in [0, 0.1) is 11.7 Å². The lowest BCUT2D eigenvalue weighted by Crippen LogP contribution is -2.35. The molecule has 9 heteroatoms. The van der Waals surface area contributed by atoms with E-state index in [2.05, 4.69) is 31.9 Å². The van der Waals surface area contributed by atoms with Crippen molar-refractivity contribution in [2.24, 2.45) is 5.92 Å². The summed E-state index contributed by atoms with van der Waals surface area (Å²) in [6.07, 6.45) is 4.56. The highest BCUT2D eigenvalue weighted by molar-refractivity contribution is 7.99. The molecule has 0 saturated carbocycles. The normalized spacial score (nSPS) is 19.7. The molecule has 0 spiro atoms. The quantitative estimate of drug-likeness (QED) is 0.627. The van der Waals surface area contributed by atoms with Crippen molar-refractivity contribution >= 4 is 23.6 Å². The minimum atomic E-state index is -0.313. The third-order valence-electron chi connectivity index (χ3n) is 5.94. The molecule has 7 nitrogen and oxygen atoms in total. The number of piperidine rings is 1. The molecule has 0 aliphatic carbocycles. The number of ether oxygens (including phenoxy) is 1. The SMILES string of the molecule is CC1CCN(c2nnc(SCC(=O)NCc3ccccc3F)n2CC2CCCO2)CC1. The number of benzene rings is 1. The standard InChI is InChI=1S/C22H30FN5O2S/c1-16-8-10-27(11-9-16)21-25-26-22(28(21)14-18-6-4-12-30-18)31-15-20(29)24-13-17-5-2-3-7-19(17)23/h2-3,5,7,16,18H,4,6,8-15H2,1H3,(H,24,29). The molecule has 2 fully saturated rings. The molecule has 3 heterocycles. The predicted molar refractivity (Wildman–Crippen MR) is 119 cm³/mol. The van der Waals surface area contributed by atoms with E-state index in [0.717, 1.165) is 62.4 Å². The van der Waals surface area contributed by atoms with Gasteiger partial charge < -0.3 is 15.0 Å². The zero-order valence-electron chi connectivity index (χ0n) is 17.9. The summed E-state index contributed by atoms with van der Waals surface area (Å²) in [5.41, 5.74) is 0.476. The number of amides is 1. The van der Waals surface area contributed by atoms with Gasteiger partial charge in [0.1, 0.15) is 5.82 Å². The van der Waals surface area contributed by atoms with Gasteiger partial charge in [0, 0.05) is 31.8 Å². The van der Waals surface area contributed by atoms with E-state index in [4.69, 9.17) is 4.74 Å². The van der Waals surface area contributed by atoms with Crippen LogP contribution in [-0.4, -0.2) is 52.2 Å². The number of nitrogens with zero attached hydrogens (tertiary/aromatic N) is 4. The maximum atomic E-state index is 13.7. The van der Waals surface area contributed by atoms with E-state index in [1.807, 2.05) is 0 Å². The summed E-state index contributed by atoms with van der Waals surface area (Å²) >= 11 is 1.36. The van der Waals surface area contributed by atoms with E-state index < -0.39 is 0 Å². The molecule has 1 amide bonds. The van der Waals surface area contributed by atoms with Gasteiger partial charge in [-0.3, -0.25) is 9.36 Å². The zero-order valence-corrected chi connectivity index (χ0v) is 18.7. The van der Waals surface area contributed by atoms with Crippen LogP contribution in [0.3, 0.4) is 0 Å². The molecular weight excluding hydrogens is 417 g/mol. The number of thioether (sulfide) groups is 1. The fourth-order valence-corrected chi connectivity index (χ4v) is 4.77. The van der Waals surface area contributed by atoms with E-state index in [1.54, 1.807) is 18.2 Å². The average molecular weight is 448 g/mol. The number of nitrogens with one attached hydrogen (secondary N) is 1. The van der Waals surface area contributed by atoms with Crippen molar-refractivity contribution in [1.82, 2.24) is 20.1 Å². The van der Waals surface area contributed by atoms with Gasteiger partial charge in [0.05, 0.1) is 18.4 Å². The smallest absolute Gasteiger partial charge is 0.230 e. The first kappa shape index (κ1) is 22.1. The Morgan fingerprint density at radius 1 is 1.26 bits per heavy atom. The number of hydrogen-bond acceptors (Lipinski definition) is 6. The first-order valence-electron chi connectivity index (χ1n) is 11.0. The first-order valence-corrected chi connectivity index (χ1v) is 12.0. The van der Waals surface area contributed by atoms with Gasteiger partial charge in [0.2, 0.25) is 11.9 Å². The van der Waals surface area contributed by atoms with Gasteiger partial charge in [0.15, 0.2) is 5.16 Å². The van der Waals surface area contributed by atoms with Crippen LogP contribution in [-0.2, 0) is 22.6 Å². The molecule has 31 heavy (non-hydrogen) atoms. The summed E-state index contributed by atoms with van der Waals surface area (Å²) < 4.78 is 21.7. The lowest BCUT2D eigenvalue weighted by Gasteiger charge is -2.31. The number of anilines is 1. The molecule has 2 saturated heterocycles. The molecule has 2 aliphatic rings. The second kappa shape index (κ2) is 10.5. The highest BCUT2D eigenvalue weighted by atomic mass is 32.2. The molecular formula is C22H30FN5O2S. The van der Waals surface area contributed by atoms with Crippen LogP contribution < -0.4 is 10.2 Å². The number of carbonyl (C=O) groups is 1. The van der Waals surface area contributed by atoms with Crippen molar-refractivity contribution in [3.63, 3.8) is 0 Å². The van der Waals surface area contributed by atoms with Crippen molar-refractivity contribution in [3.8, 4) is 0 Å². The molecule has 1 aromatic carbocycles. The molecule has 168 valence electrons. The number of rotatable bonds is 8. The van der Waals surface area contributed by atoms with Crippen LogP contribution in [0.4, 0.5) is 10.3 Å². The van der Waals surface area contributed by atoms with Crippen molar-refractivity contribution in [3.05, 3.63) is 35.6 Å². The van der Waals surface area contributed by atoms with Gasteiger partial charge in [-0.15, -0.1) is 10.2 Å². The lowest BCUT2D eigenvalue weighted by atomic mass is 10.00. The fraction of sp³-hybridized carbons (Fsp3) is 0.591. The fourth-order valence-electron chi connectivity index (χ4n) is 4.00. The van der Waals surface area contributed by atoms with E-state index in [9.17, 15) is 9.18 Å². The maximum absolute atomic E-state index is 13.7. The van der Waals surface area contributed by atoms with Crippen molar-refractivity contribution < 1.29 is 13.9 Å². The lowest BCUT2D eigenvalue weighted by molar-refractivity contribution is -0.118. The van der Waals surface area contributed by atoms with Gasteiger partial charge in [0.25, 0.3) is 0 Å². The number of carbonyl (C=O) groups excluding carboxylic acids is 1. The minimum absolute atomic E-state index is 0.159. The Hall–Kier alpha value is -2.13. The molecule has 1 unspecified atom stereocenters. The van der Waals surface area contributed by atoms with Crippen LogP contribution in [0.5, 0.6) is 0 Å². The van der Waals surface area contributed by atoms with Crippen LogP contribution in [0.15, 0.2) is 29.4 Å². The van der Waals surface area contributed by atoms with Gasteiger partial charge in [-0.1, -0.05) is 36.9 Å². The predicted octanol–water partition coefficient (Wildman–Crippen LogP) is 3.24. The van der Waals surface area contributed by atoms with Crippen LogP contribution in [0.1, 0.15) is 38.2 Å². The minimum Gasteiger partial charge on any atom is -0.376 e. The van der Waals surface area contributed by atoms with Crippen molar-refractivity contribution in [1.29, 1.82) is 0 Å². The van der Waals surface area contributed by atoms with Crippen molar-refractivity contribution in [2.75, 3.05) is 30.3 Å². The molecule has 2 aromatic rings. The van der Waals surface area contributed by atoms with Crippen LogP contribution in [0.25, 0.3) is 0 Å². The molecule has 1 atom stereocenters. The second-order valence-corrected chi connectivity index (χ2v) is 9.30. The van der Waals surface area contributed by atoms with E-state index in [1.165, 1.54) is 17.8 Å². The van der Waals surface area contributed by atoms with E-state index in [-0.39, 0.29) is 30.1 Å². The van der Waals surface area contributed by atoms with E-state index in [0.29, 0.717) is 12.1 Å². The van der Waals surface area contributed by atoms with Crippen LogP contribution >= 0.6 is 11.8 Å². The number of hydrogen-bond donors (Lipinski definition) is 1. The Kier molecular flexibility index (Phi) is 7.45. The summed E-state index contributed by atoms with van der Waals surface area (Å²) in [5, 5.41) is 12.4. The number of aromatic nitrogens is 3. The van der Waals surface area contributed by atoms with Gasteiger partial charge in [-0.05, 0) is 37.7 Å². The highest BCUT2D eigenvalue weighted by Gasteiger charge is 2.26. The molecule has 4 rings (SSSR count).